The second-order valence-electron chi connectivity index (χ2n) is 6.12. The third-order valence-corrected chi connectivity index (χ3v) is 5.68. The lowest BCUT2D eigenvalue weighted by molar-refractivity contribution is 0.380. The van der Waals surface area contributed by atoms with Gasteiger partial charge in [0.25, 0.3) is 0 Å². The molecule has 1 N–H and O–H groups in total. The molecule has 0 aliphatic heterocycles. The van der Waals surface area contributed by atoms with E-state index < -0.39 is 0 Å². The predicted molar refractivity (Wildman–Crippen MR) is 84.8 cm³/mol. The zero-order valence-electron chi connectivity index (χ0n) is 11.9. The molecule has 2 unspecified atom stereocenters. The average molecular weight is 275 g/mol. The summed E-state index contributed by atoms with van der Waals surface area (Å²) in [6.07, 6.45) is 10.6. The monoisotopic (exact) mass is 275 g/mol. The fourth-order valence-electron chi connectivity index (χ4n) is 3.13. The standard InChI is InChI=1S/C17H25NS/c1-19-17-4-2-3-16(11-17)18-12-13-5-7-14(8-6-13)15-9-10-15/h5-8,15-18H,2-4,9-12H2,1H3. The van der Waals surface area contributed by atoms with Crippen LogP contribution in [0, 0.1) is 0 Å². The van der Waals surface area contributed by atoms with E-state index in [1.807, 2.05) is 11.8 Å². The number of hydrogen-bond donors (Lipinski definition) is 1. The summed E-state index contributed by atoms with van der Waals surface area (Å²) in [5.41, 5.74) is 2.99. The molecule has 0 saturated heterocycles. The van der Waals surface area contributed by atoms with Gasteiger partial charge in [0.2, 0.25) is 0 Å². The Balaban J connectivity index is 1.48. The van der Waals surface area contributed by atoms with Gasteiger partial charge in [-0.1, -0.05) is 30.7 Å². The smallest absolute Gasteiger partial charge is 0.0208 e. The topological polar surface area (TPSA) is 12.0 Å². The summed E-state index contributed by atoms with van der Waals surface area (Å²) in [6, 6.07) is 10.0. The highest BCUT2D eigenvalue weighted by Crippen LogP contribution is 2.39. The van der Waals surface area contributed by atoms with Crippen LogP contribution in [-0.4, -0.2) is 17.5 Å². The molecule has 0 aromatic heterocycles. The van der Waals surface area contributed by atoms with Crippen molar-refractivity contribution >= 4 is 11.8 Å². The summed E-state index contributed by atoms with van der Waals surface area (Å²) >= 11 is 2.04. The molecule has 0 radical (unpaired) electrons. The van der Waals surface area contributed by atoms with E-state index in [2.05, 4.69) is 35.8 Å². The van der Waals surface area contributed by atoms with E-state index in [1.54, 1.807) is 5.56 Å². The molecular formula is C17H25NS. The maximum atomic E-state index is 3.75. The van der Waals surface area contributed by atoms with Crippen molar-refractivity contribution in [2.75, 3.05) is 6.26 Å². The Morgan fingerprint density at radius 2 is 1.89 bits per heavy atom. The Kier molecular flexibility index (Phi) is 4.49. The van der Waals surface area contributed by atoms with Crippen LogP contribution in [0.15, 0.2) is 24.3 Å². The molecule has 2 fully saturated rings. The molecule has 0 spiro atoms. The SMILES string of the molecule is CSC1CCCC(NCc2ccc(C3CC3)cc2)C1. The molecule has 19 heavy (non-hydrogen) atoms. The molecule has 2 heteroatoms. The first kappa shape index (κ1) is 13.5. The molecule has 104 valence electrons. The maximum absolute atomic E-state index is 3.75. The lowest BCUT2D eigenvalue weighted by atomic mass is 9.94. The summed E-state index contributed by atoms with van der Waals surface area (Å²) in [6.45, 7) is 1.04. The Morgan fingerprint density at radius 3 is 2.58 bits per heavy atom. The molecule has 0 amide bonds. The summed E-state index contributed by atoms with van der Waals surface area (Å²) in [7, 11) is 0. The molecule has 1 aromatic rings. The second-order valence-corrected chi connectivity index (χ2v) is 7.26. The van der Waals surface area contributed by atoms with Crippen LogP contribution in [0.5, 0.6) is 0 Å². The number of rotatable bonds is 5. The number of hydrogen-bond acceptors (Lipinski definition) is 2. The quantitative estimate of drug-likeness (QED) is 0.858. The van der Waals surface area contributed by atoms with Gasteiger partial charge < -0.3 is 5.32 Å². The molecule has 1 nitrogen and oxygen atoms in total. The minimum absolute atomic E-state index is 0.731. The van der Waals surface area contributed by atoms with Crippen LogP contribution in [0.4, 0.5) is 0 Å². The van der Waals surface area contributed by atoms with E-state index in [-0.39, 0.29) is 0 Å². The molecule has 2 atom stereocenters. The Labute approximate surface area is 121 Å². The van der Waals surface area contributed by atoms with Crippen molar-refractivity contribution in [1.29, 1.82) is 0 Å². The summed E-state index contributed by atoms with van der Waals surface area (Å²) < 4.78 is 0. The van der Waals surface area contributed by atoms with Crippen LogP contribution in [0.1, 0.15) is 55.6 Å². The van der Waals surface area contributed by atoms with Gasteiger partial charge in [0.1, 0.15) is 0 Å². The Bertz CT molecular complexity index is 396. The third-order valence-electron chi connectivity index (χ3n) is 4.58. The van der Waals surface area contributed by atoms with Crippen molar-refractivity contribution in [3.05, 3.63) is 35.4 Å². The normalized spacial score (nSPS) is 27.4. The zero-order chi connectivity index (χ0) is 13.1. The maximum Gasteiger partial charge on any atom is 0.0208 e. The van der Waals surface area contributed by atoms with Crippen molar-refractivity contribution in [1.82, 2.24) is 5.32 Å². The van der Waals surface area contributed by atoms with Crippen LogP contribution < -0.4 is 5.32 Å². The molecular weight excluding hydrogens is 250 g/mol. The van der Waals surface area contributed by atoms with E-state index in [9.17, 15) is 0 Å². The van der Waals surface area contributed by atoms with E-state index in [0.717, 1.165) is 23.8 Å². The third kappa shape index (κ3) is 3.76. The van der Waals surface area contributed by atoms with Gasteiger partial charge in [-0.05, 0) is 55.4 Å². The predicted octanol–water partition coefficient (Wildman–Crippen LogP) is 4.33. The van der Waals surface area contributed by atoms with Crippen molar-refractivity contribution in [3.8, 4) is 0 Å². The number of nitrogens with one attached hydrogen (secondary N) is 1. The van der Waals surface area contributed by atoms with E-state index in [0.29, 0.717) is 0 Å². The zero-order valence-corrected chi connectivity index (χ0v) is 12.7. The van der Waals surface area contributed by atoms with Gasteiger partial charge >= 0.3 is 0 Å². The van der Waals surface area contributed by atoms with Crippen LogP contribution in [-0.2, 0) is 6.54 Å². The van der Waals surface area contributed by atoms with Crippen LogP contribution in [0.2, 0.25) is 0 Å². The van der Waals surface area contributed by atoms with E-state index in [4.69, 9.17) is 0 Å². The lowest BCUT2D eigenvalue weighted by Crippen LogP contribution is -2.34. The highest BCUT2D eigenvalue weighted by atomic mass is 32.2. The average Bonchev–Trinajstić information content (AvgIpc) is 3.31. The fourth-order valence-corrected chi connectivity index (χ4v) is 3.96. The minimum Gasteiger partial charge on any atom is -0.310 e. The van der Waals surface area contributed by atoms with Crippen molar-refractivity contribution in [2.45, 2.75) is 62.3 Å². The first-order valence-corrected chi connectivity index (χ1v) is 8.99. The highest BCUT2D eigenvalue weighted by Gasteiger charge is 2.23. The molecule has 1 aromatic carbocycles. The molecule has 2 aliphatic carbocycles. The van der Waals surface area contributed by atoms with Crippen molar-refractivity contribution in [3.63, 3.8) is 0 Å². The molecule has 0 bridgehead atoms. The minimum atomic E-state index is 0.731. The second kappa shape index (κ2) is 6.32. The lowest BCUT2D eigenvalue weighted by Gasteiger charge is -2.28. The van der Waals surface area contributed by atoms with Gasteiger partial charge in [0.15, 0.2) is 0 Å². The van der Waals surface area contributed by atoms with Gasteiger partial charge in [0.05, 0.1) is 0 Å². The molecule has 3 rings (SSSR count). The highest BCUT2D eigenvalue weighted by molar-refractivity contribution is 7.99. The number of thioether (sulfide) groups is 1. The largest absolute Gasteiger partial charge is 0.310 e. The molecule has 2 saturated carbocycles. The summed E-state index contributed by atoms with van der Waals surface area (Å²) in [4.78, 5) is 0. The van der Waals surface area contributed by atoms with Crippen LogP contribution in [0.25, 0.3) is 0 Å². The Morgan fingerprint density at radius 1 is 1.11 bits per heavy atom. The van der Waals surface area contributed by atoms with E-state index in [1.165, 1.54) is 44.1 Å². The number of benzene rings is 1. The van der Waals surface area contributed by atoms with Gasteiger partial charge in [-0.3, -0.25) is 0 Å². The van der Waals surface area contributed by atoms with Crippen molar-refractivity contribution in [2.24, 2.45) is 0 Å². The van der Waals surface area contributed by atoms with Crippen molar-refractivity contribution < 1.29 is 0 Å². The summed E-state index contributed by atoms with van der Waals surface area (Å²) in [5.74, 6) is 0.877. The molecule has 0 heterocycles. The van der Waals surface area contributed by atoms with Gasteiger partial charge in [-0.15, -0.1) is 0 Å². The fraction of sp³-hybridized carbons (Fsp3) is 0.647. The first-order valence-electron chi connectivity index (χ1n) is 7.70. The van der Waals surface area contributed by atoms with E-state index >= 15 is 0 Å². The van der Waals surface area contributed by atoms with Crippen LogP contribution >= 0.6 is 11.8 Å². The first-order chi connectivity index (χ1) is 9.35. The summed E-state index contributed by atoms with van der Waals surface area (Å²) in [5, 5.41) is 4.63. The van der Waals surface area contributed by atoms with Gasteiger partial charge in [-0.2, -0.15) is 11.8 Å². The van der Waals surface area contributed by atoms with Gasteiger partial charge in [-0.25, -0.2) is 0 Å². The Hall–Kier alpha value is -0.470. The van der Waals surface area contributed by atoms with Crippen LogP contribution in [0.3, 0.4) is 0 Å². The van der Waals surface area contributed by atoms with Gasteiger partial charge in [0, 0.05) is 17.8 Å². The molecule has 2 aliphatic rings.